The molecule has 0 atom stereocenters. The molecule has 0 aliphatic heterocycles. The summed E-state index contributed by atoms with van der Waals surface area (Å²) in [6.07, 6.45) is 0.997. The van der Waals surface area contributed by atoms with E-state index < -0.39 is 0 Å². The minimum absolute atomic E-state index is 0.0157. The number of halogens is 1. The molecule has 0 fully saturated rings. The van der Waals surface area contributed by atoms with E-state index in [9.17, 15) is 9.18 Å². The van der Waals surface area contributed by atoms with Crippen LogP contribution in [0, 0.1) is 19.7 Å². The van der Waals surface area contributed by atoms with Crippen LogP contribution in [0.25, 0.3) is 11.1 Å². The predicted octanol–water partition coefficient (Wildman–Crippen LogP) is 4.25. The predicted molar refractivity (Wildman–Crippen MR) is 80.5 cm³/mol. The SMILES string of the molecule is COc1c(C)c(C)cc2c1CCC(=O)c1cc(F)ccc1-2. The van der Waals surface area contributed by atoms with E-state index in [0.29, 0.717) is 18.4 Å². The van der Waals surface area contributed by atoms with Crippen molar-refractivity contribution in [2.45, 2.75) is 26.7 Å². The zero-order chi connectivity index (χ0) is 15.1. The standard InChI is InChI=1S/C18H17FO2/c1-10-8-15-13-5-4-12(19)9-16(13)17(20)7-6-14(15)18(21-3)11(10)2/h4-5,8-9H,6-7H2,1-3H3. The second kappa shape index (κ2) is 4.99. The van der Waals surface area contributed by atoms with Crippen molar-refractivity contribution >= 4 is 5.78 Å². The van der Waals surface area contributed by atoms with Gasteiger partial charge in [-0.25, -0.2) is 4.39 Å². The zero-order valence-electron chi connectivity index (χ0n) is 12.4. The Labute approximate surface area is 123 Å². The van der Waals surface area contributed by atoms with Crippen LogP contribution in [0.4, 0.5) is 4.39 Å². The second-order valence-electron chi connectivity index (χ2n) is 5.49. The summed E-state index contributed by atoms with van der Waals surface area (Å²) in [5, 5.41) is 0. The fourth-order valence-electron chi connectivity index (χ4n) is 3.06. The summed E-state index contributed by atoms with van der Waals surface area (Å²) >= 11 is 0. The Hall–Kier alpha value is -2.16. The third kappa shape index (κ3) is 2.13. The van der Waals surface area contributed by atoms with Crippen LogP contribution in [0.15, 0.2) is 24.3 Å². The molecule has 0 aromatic heterocycles. The molecule has 0 heterocycles. The van der Waals surface area contributed by atoms with Crippen LogP contribution in [0.1, 0.15) is 33.5 Å². The van der Waals surface area contributed by atoms with Crippen molar-refractivity contribution in [1.29, 1.82) is 0 Å². The maximum Gasteiger partial charge on any atom is 0.163 e. The van der Waals surface area contributed by atoms with Gasteiger partial charge in [-0.2, -0.15) is 0 Å². The van der Waals surface area contributed by atoms with E-state index >= 15 is 0 Å². The zero-order valence-corrected chi connectivity index (χ0v) is 12.4. The molecule has 0 amide bonds. The number of Topliss-reactive ketones (excluding diaryl/α,β-unsaturated/α-hetero) is 1. The van der Waals surface area contributed by atoms with Crippen molar-refractivity contribution in [2.24, 2.45) is 0 Å². The minimum Gasteiger partial charge on any atom is -0.496 e. The first-order valence-corrected chi connectivity index (χ1v) is 7.03. The molecule has 2 aromatic rings. The van der Waals surface area contributed by atoms with Gasteiger partial charge in [-0.1, -0.05) is 12.1 Å². The summed E-state index contributed by atoms with van der Waals surface area (Å²) in [4.78, 5) is 12.3. The van der Waals surface area contributed by atoms with E-state index in [1.54, 1.807) is 13.2 Å². The Morgan fingerprint density at radius 1 is 1.05 bits per heavy atom. The van der Waals surface area contributed by atoms with Crippen molar-refractivity contribution in [1.82, 2.24) is 0 Å². The molecule has 3 heteroatoms. The van der Waals surface area contributed by atoms with Crippen LogP contribution in [0.2, 0.25) is 0 Å². The van der Waals surface area contributed by atoms with Crippen LogP contribution in [0.5, 0.6) is 5.75 Å². The van der Waals surface area contributed by atoms with Gasteiger partial charge in [-0.05, 0) is 54.7 Å². The van der Waals surface area contributed by atoms with Gasteiger partial charge in [0.2, 0.25) is 0 Å². The summed E-state index contributed by atoms with van der Waals surface area (Å²) in [6.45, 7) is 4.04. The Kier molecular flexibility index (Phi) is 3.28. The van der Waals surface area contributed by atoms with Crippen molar-refractivity contribution in [3.05, 3.63) is 52.3 Å². The number of ether oxygens (including phenoxy) is 1. The van der Waals surface area contributed by atoms with Crippen LogP contribution in [-0.2, 0) is 6.42 Å². The Balaban J connectivity index is 2.37. The topological polar surface area (TPSA) is 26.3 Å². The van der Waals surface area contributed by atoms with Gasteiger partial charge in [0.25, 0.3) is 0 Å². The molecule has 21 heavy (non-hydrogen) atoms. The molecule has 108 valence electrons. The molecule has 0 N–H and O–H groups in total. The first-order chi connectivity index (χ1) is 10.0. The smallest absolute Gasteiger partial charge is 0.163 e. The molecular weight excluding hydrogens is 267 g/mol. The number of aryl methyl sites for hydroxylation is 1. The summed E-state index contributed by atoms with van der Waals surface area (Å²) in [7, 11) is 1.65. The molecule has 1 aliphatic rings. The average molecular weight is 284 g/mol. The first kappa shape index (κ1) is 13.8. The lowest BCUT2D eigenvalue weighted by molar-refractivity contribution is 0.0984. The quantitative estimate of drug-likeness (QED) is 0.782. The van der Waals surface area contributed by atoms with Crippen molar-refractivity contribution in [3.63, 3.8) is 0 Å². The number of carbonyl (C=O) groups excluding carboxylic acids is 1. The fourth-order valence-corrected chi connectivity index (χ4v) is 3.06. The second-order valence-corrected chi connectivity index (χ2v) is 5.49. The lowest BCUT2D eigenvalue weighted by Crippen LogP contribution is -2.00. The number of rotatable bonds is 1. The van der Waals surface area contributed by atoms with Gasteiger partial charge in [-0.15, -0.1) is 0 Å². The molecule has 3 rings (SSSR count). The van der Waals surface area contributed by atoms with Gasteiger partial charge in [-0.3, -0.25) is 4.79 Å². The van der Waals surface area contributed by atoms with Gasteiger partial charge >= 0.3 is 0 Å². The van der Waals surface area contributed by atoms with Crippen LogP contribution in [-0.4, -0.2) is 12.9 Å². The Morgan fingerprint density at radius 3 is 2.52 bits per heavy atom. The maximum atomic E-state index is 13.5. The molecule has 1 aliphatic carbocycles. The van der Waals surface area contributed by atoms with Gasteiger partial charge in [0.15, 0.2) is 5.78 Å². The number of benzene rings is 2. The lowest BCUT2D eigenvalue weighted by atomic mass is 9.91. The summed E-state index contributed by atoms with van der Waals surface area (Å²) < 4.78 is 19.1. The van der Waals surface area contributed by atoms with Gasteiger partial charge in [0, 0.05) is 17.5 Å². The molecule has 0 spiro atoms. The third-order valence-corrected chi connectivity index (χ3v) is 4.27. The summed E-state index contributed by atoms with van der Waals surface area (Å²) in [6, 6.07) is 6.51. The number of methoxy groups -OCH3 is 1. The molecular formula is C18H17FO2. The van der Waals surface area contributed by atoms with Crippen LogP contribution in [0.3, 0.4) is 0 Å². The highest BCUT2D eigenvalue weighted by atomic mass is 19.1. The number of ketones is 1. The summed E-state index contributed by atoms with van der Waals surface area (Å²) in [5.74, 6) is 0.453. The monoisotopic (exact) mass is 284 g/mol. The highest BCUT2D eigenvalue weighted by molar-refractivity contribution is 6.04. The van der Waals surface area contributed by atoms with E-state index in [4.69, 9.17) is 4.74 Å². The van der Waals surface area contributed by atoms with E-state index in [1.165, 1.54) is 12.1 Å². The highest BCUT2D eigenvalue weighted by Crippen LogP contribution is 2.40. The Bertz CT molecular complexity index is 747. The summed E-state index contributed by atoms with van der Waals surface area (Å²) in [5.41, 5.74) is 5.49. The Morgan fingerprint density at radius 2 is 1.81 bits per heavy atom. The normalized spacial score (nSPS) is 13.4. The fraction of sp³-hybridized carbons (Fsp3) is 0.278. The largest absolute Gasteiger partial charge is 0.496 e. The van der Waals surface area contributed by atoms with Crippen LogP contribution >= 0.6 is 0 Å². The number of hydrogen-bond donors (Lipinski definition) is 0. The van der Waals surface area contributed by atoms with Gasteiger partial charge in [0.1, 0.15) is 11.6 Å². The van der Waals surface area contributed by atoms with E-state index in [0.717, 1.165) is 33.6 Å². The molecule has 0 saturated carbocycles. The number of carbonyl (C=O) groups is 1. The maximum absolute atomic E-state index is 13.5. The van der Waals surface area contributed by atoms with E-state index in [-0.39, 0.29) is 11.6 Å². The molecule has 0 radical (unpaired) electrons. The van der Waals surface area contributed by atoms with Crippen LogP contribution < -0.4 is 4.74 Å². The minimum atomic E-state index is -0.374. The van der Waals surface area contributed by atoms with E-state index in [2.05, 4.69) is 6.07 Å². The van der Waals surface area contributed by atoms with E-state index in [1.807, 2.05) is 13.8 Å². The average Bonchev–Trinajstić information content (AvgIpc) is 2.59. The van der Waals surface area contributed by atoms with Crippen molar-refractivity contribution < 1.29 is 13.9 Å². The first-order valence-electron chi connectivity index (χ1n) is 7.03. The third-order valence-electron chi connectivity index (χ3n) is 4.27. The molecule has 2 aromatic carbocycles. The molecule has 0 unspecified atom stereocenters. The highest BCUT2D eigenvalue weighted by Gasteiger charge is 2.24. The van der Waals surface area contributed by atoms with Gasteiger partial charge in [0.05, 0.1) is 7.11 Å². The molecule has 0 bridgehead atoms. The number of hydrogen-bond acceptors (Lipinski definition) is 2. The van der Waals surface area contributed by atoms with Crippen molar-refractivity contribution in [3.8, 4) is 16.9 Å². The van der Waals surface area contributed by atoms with Crippen molar-refractivity contribution in [2.75, 3.05) is 7.11 Å². The number of fused-ring (bicyclic) bond motifs is 3. The lowest BCUT2D eigenvalue weighted by Gasteiger charge is -2.17. The molecule has 2 nitrogen and oxygen atoms in total. The van der Waals surface area contributed by atoms with Gasteiger partial charge < -0.3 is 4.74 Å². The molecule has 0 saturated heterocycles.